The van der Waals surface area contributed by atoms with E-state index in [2.05, 4.69) is 10.2 Å². The summed E-state index contributed by atoms with van der Waals surface area (Å²) in [4.78, 5) is 13.3. The Morgan fingerprint density at radius 3 is 2.63 bits per heavy atom. The van der Waals surface area contributed by atoms with Gasteiger partial charge >= 0.3 is 0 Å². The van der Waals surface area contributed by atoms with Gasteiger partial charge in [0.05, 0.1) is 19.2 Å². The van der Waals surface area contributed by atoms with Crippen LogP contribution in [0.15, 0.2) is 42.5 Å². The lowest BCUT2D eigenvalue weighted by Gasteiger charge is -2.20. The number of benzene rings is 2. The van der Waals surface area contributed by atoms with Gasteiger partial charge < -0.3 is 19.7 Å². The van der Waals surface area contributed by atoms with Crippen molar-refractivity contribution < 1.29 is 18.7 Å². The molecule has 0 aromatic heterocycles. The zero-order chi connectivity index (χ0) is 21.1. The lowest BCUT2D eigenvalue weighted by Crippen LogP contribution is -2.25. The average molecular weight is 413 g/mol. The molecule has 2 fully saturated rings. The fraction of sp³-hybridized carbons (Fsp3) is 0.458. The van der Waals surface area contributed by atoms with Gasteiger partial charge in [0, 0.05) is 31.6 Å². The Kier molecular flexibility index (Phi) is 6.11. The minimum atomic E-state index is -0.304. The first-order valence-corrected chi connectivity index (χ1v) is 10.7. The van der Waals surface area contributed by atoms with Crippen LogP contribution in [-0.2, 0) is 4.79 Å². The van der Waals surface area contributed by atoms with E-state index in [1.54, 1.807) is 12.1 Å². The number of halogens is 1. The van der Waals surface area contributed by atoms with E-state index in [4.69, 9.17) is 9.47 Å². The number of hydrogen-bond acceptors (Lipinski definition) is 4. The number of ether oxygens (including phenoxy) is 2. The Balaban J connectivity index is 1.31. The first-order chi connectivity index (χ1) is 14.5. The molecule has 5 nitrogen and oxygen atoms in total. The van der Waals surface area contributed by atoms with Gasteiger partial charge in [-0.05, 0) is 55.5 Å². The number of anilines is 1. The summed E-state index contributed by atoms with van der Waals surface area (Å²) in [7, 11) is 0. The van der Waals surface area contributed by atoms with Crippen molar-refractivity contribution in [2.75, 3.05) is 24.6 Å². The highest BCUT2D eigenvalue weighted by Gasteiger charge is 2.26. The predicted molar refractivity (Wildman–Crippen MR) is 115 cm³/mol. The number of nitrogens with zero attached hydrogens (tertiary/aromatic N) is 1. The topological polar surface area (TPSA) is 50.8 Å². The number of hydrogen-bond donors (Lipinski definition) is 1. The van der Waals surface area contributed by atoms with Crippen molar-refractivity contribution >= 4 is 11.6 Å². The third kappa shape index (κ3) is 5.23. The molecule has 1 N–H and O–H groups in total. The van der Waals surface area contributed by atoms with Crippen LogP contribution in [0.1, 0.15) is 44.7 Å². The molecule has 1 saturated heterocycles. The van der Waals surface area contributed by atoms with E-state index >= 15 is 0 Å². The molecule has 0 bridgehead atoms. The third-order valence-corrected chi connectivity index (χ3v) is 5.70. The summed E-state index contributed by atoms with van der Waals surface area (Å²) in [5, 5.41) is 2.87. The molecule has 2 aromatic carbocycles. The zero-order valence-corrected chi connectivity index (χ0v) is 17.6. The minimum Gasteiger partial charge on any atom is -0.490 e. The van der Waals surface area contributed by atoms with Crippen LogP contribution in [-0.4, -0.2) is 31.7 Å². The molecule has 2 atom stereocenters. The molecule has 4 rings (SSSR count). The number of amides is 1. The van der Waals surface area contributed by atoms with E-state index < -0.39 is 0 Å². The molecule has 0 radical (unpaired) electrons. The number of rotatable bonds is 8. The second-order valence-electron chi connectivity index (χ2n) is 8.33. The van der Waals surface area contributed by atoms with Gasteiger partial charge in [-0.2, -0.15) is 0 Å². The molecule has 1 amide bonds. The maximum Gasteiger partial charge on any atom is 0.217 e. The van der Waals surface area contributed by atoms with Crippen LogP contribution in [0.2, 0.25) is 0 Å². The molecule has 2 unspecified atom stereocenters. The van der Waals surface area contributed by atoms with Gasteiger partial charge in [0.15, 0.2) is 11.6 Å². The smallest absolute Gasteiger partial charge is 0.217 e. The highest BCUT2D eigenvalue weighted by molar-refractivity contribution is 5.73. The van der Waals surface area contributed by atoms with Gasteiger partial charge in [-0.3, -0.25) is 4.79 Å². The lowest BCUT2D eigenvalue weighted by molar-refractivity contribution is -0.119. The molecule has 2 aliphatic rings. The maximum atomic E-state index is 14.4. The van der Waals surface area contributed by atoms with Gasteiger partial charge in [-0.25, -0.2) is 4.39 Å². The minimum absolute atomic E-state index is 0.0374. The van der Waals surface area contributed by atoms with Gasteiger partial charge in [0.2, 0.25) is 5.91 Å². The van der Waals surface area contributed by atoms with E-state index in [1.165, 1.54) is 19.8 Å². The van der Waals surface area contributed by atoms with Gasteiger partial charge in [-0.1, -0.05) is 12.1 Å². The molecule has 30 heavy (non-hydrogen) atoms. The summed E-state index contributed by atoms with van der Waals surface area (Å²) in [5.41, 5.74) is 1.89. The van der Waals surface area contributed by atoms with E-state index in [1.807, 2.05) is 37.3 Å². The van der Waals surface area contributed by atoms with Crippen molar-refractivity contribution in [2.24, 2.45) is 5.92 Å². The van der Waals surface area contributed by atoms with E-state index in [9.17, 15) is 9.18 Å². The molecule has 160 valence electrons. The van der Waals surface area contributed by atoms with E-state index in [0.29, 0.717) is 24.8 Å². The normalized spacial score (nSPS) is 19.4. The lowest BCUT2D eigenvalue weighted by atomic mass is 10.1. The molecule has 0 spiro atoms. The Hall–Kier alpha value is -2.76. The summed E-state index contributed by atoms with van der Waals surface area (Å²) >= 11 is 0. The monoisotopic (exact) mass is 412 g/mol. The van der Waals surface area contributed by atoms with Crippen LogP contribution < -0.4 is 19.7 Å². The fourth-order valence-electron chi connectivity index (χ4n) is 3.77. The molecular formula is C24H29FN2O3. The quantitative estimate of drug-likeness (QED) is 0.695. The molecular weight excluding hydrogens is 383 g/mol. The van der Waals surface area contributed by atoms with Crippen LogP contribution in [0.25, 0.3) is 0 Å². The highest BCUT2D eigenvalue weighted by atomic mass is 19.1. The first kappa shape index (κ1) is 20.5. The number of carbonyl (C=O) groups excluding carboxylic acids is 1. The zero-order valence-electron chi connectivity index (χ0n) is 17.6. The number of nitrogens with one attached hydrogen (secondary N) is 1. The van der Waals surface area contributed by atoms with Crippen LogP contribution >= 0.6 is 0 Å². The molecule has 1 aliphatic heterocycles. The van der Waals surface area contributed by atoms with Crippen LogP contribution in [0.4, 0.5) is 10.1 Å². The van der Waals surface area contributed by atoms with Gasteiger partial charge in [-0.15, -0.1) is 0 Å². The summed E-state index contributed by atoms with van der Waals surface area (Å²) in [5.74, 6) is 1.39. The summed E-state index contributed by atoms with van der Waals surface area (Å²) in [6.07, 6.45) is 3.31. The van der Waals surface area contributed by atoms with Crippen molar-refractivity contribution in [2.45, 2.75) is 45.3 Å². The van der Waals surface area contributed by atoms with Gasteiger partial charge in [0.1, 0.15) is 11.9 Å². The van der Waals surface area contributed by atoms with Crippen LogP contribution in [0.5, 0.6) is 11.5 Å². The Bertz CT molecular complexity index is 883. The highest BCUT2D eigenvalue weighted by Crippen LogP contribution is 2.32. The SMILES string of the molecule is CC(=O)NC(C)c1ccc(OC2CCN(c3ccc(OCC4CC4)c(F)c3)C2)cc1. The first-order valence-electron chi connectivity index (χ1n) is 10.7. The molecule has 6 heteroatoms. The summed E-state index contributed by atoms with van der Waals surface area (Å²) < 4.78 is 26.1. The Labute approximate surface area is 177 Å². The third-order valence-electron chi connectivity index (χ3n) is 5.70. The van der Waals surface area contributed by atoms with Crippen LogP contribution in [0.3, 0.4) is 0 Å². The summed E-state index contributed by atoms with van der Waals surface area (Å²) in [6.45, 7) is 5.61. The fourth-order valence-corrected chi connectivity index (χ4v) is 3.77. The van der Waals surface area contributed by atoms with E-state index in [0.717, 1.165) is 30.0 Å². The Morgan fingerprint density at radius 2 is 1.97 bits per heavy atom. The maximum absolute atomic E-state index is 14.4. The average Bonchev–Trinajstić information content (AvgIpc) is 3.43. The summed E-state index contributed by atoms with van der Waals surface area (Å²) in [6, 6.07) is 13.0. The molecule has 1 heterocycles. The van der Waals surface area contributed by atoms with Crippen molar-refractivity contribution in [1.29, 1.82) is 0 Å². The molecule has 2 aromatic rings. The van der Waals surface area contributed by atoms with Crippen molar-refractivity contribution in [3.8, 4) is 11.5 Å². The second kappa shape index (κ2) is 8.94. The standard InChI is InChI=1S/C24H29FN2O3/c1-16(26-17(2)28)19-5-8-21(9-6-19)30-22-11-12-27(14-22)20-7-10-24(23(25)13-20)29-15-18-3-4-18/h5-10,13,16,18,22H,3-4,11-12,14-15H2,1-2H3,(H,26,28). The van der Waals surface area contributed by atoms with Crippen LogP contribution in [0, 0.1) is 11.7 Å². The Morgan fingerprint density at radius 1 is 1.20 bits per heavy atom. The second-order valence-corrected chi connectivity index (χ2v) is 8.33. The largest absolute Gasteiger partial charge is 0.490 e. The van der Waals surface area contributed by atoms with E-state index in [-0.39, 0.29) is 23.9 Å². The predicted octanol–water partition coefficient (Wildman–Crippen LogP) is 4.47. The molecule has 1 aliphatic carbocycles. The van der Waals surface area contributed by atoms with Crippen molar-refractivity contribution in [3.63, 3.8) is 0 Å². The number of carbonyl (C=O) groups is 1. The van der Waals surface area contributed by atoms with Gasteiger partial charge in [0.25, 0.3) is 0 Å². The van der Waals surface area contributed by atoms with Crippen molar-refractivity contribution in [1.82, 2.24) is 5.32 Å². The van der Waals surface area contributed by atoms with Crippen molar-refractivity contribution in [3.05, 3.63) is 53.8 Å². The molecule has 1 saturated carbocycles.